The summed E-state index contributed by atoms with van der Waals surface area (Å²) in [6.45, 7) is 1.69. The highest BCUT2D eigenvalue weighted by Crippen LogP contribution is 2.25. The molecular formula is C19H19ClN2O2S. The van der Waals surface area contributed by atoms with Crippen molar-refractivity contribution in [3.05, 3.63) is 59.1 Å². The van der Waals surface area contributed by atoms with Crippen LogP contribution in [0.1, 0.15) is 23.2 Å². The third-order valence-electron chi connectivity index (χ3n) is 4.02. The van der Waals surface area contributed by atoms with Crippen molar-refractivity contribution in [3.8, 4) is 0 Å². The number of rotatable bonds is 5. The predicted octanol–water partition coefficient (Wildman–Crippen LogP) is 4.31. The van der Waals surface area contributed by atoms with Gasteiger partial charge >= 0.3 is 0 Å². The smallest absolute Gasteiger partial charge is 0.256 e. The van der Waals surface area contributed by atoms with Gasteiger partial charge in [-0.05, 0) is 43.2 Å². The van der Waals surface area contributed by atoms with Crippen LogP contribution in [0.15, 0.2) is 53.4 Å². The van der Waals surface area contributed by atoms with E-state index in [4.69, 9.17) is 11.6 Å². The molecule has 0 spiro atoms. The zero-order valence-electron chi connectivity index (χ0n) is 13.7. The first kappa shape index (κ1) is 17.8. The fraction of sp³-hybridized carbons (Fsp3) is 0.263. The van der Waals surface area contributed by atoms with Crippen LogP contribution in [0.2, 0.25) is 5.02 Å². The van der Waals surface area contributed by atoms with E-state index < -0.39 is 0 Å². The number of halogens is 1. The summed E-state index contributed by atoms with van der Waals surface area (Å²) in [7, 11) is 0. The topological polar surface area (TPSA) is 49.4 Å². The number of nitrogens with zero attached hydrogens (tertiary/aromatic N) is 1. The maximum Gasteiger partial charge on any atom is 0.256 e. The number of nitrogens with one attached hydrogen (secondary N) is 1. The Hall–Kier alpha value is -1.98. The Morgan fingerprint density at radius 1 is 1.08 bits per heavy atom. The lowest BCUT2D eigenvalue weighted by molar-refractivity contribution is -0.127. The molecule has 0 atom stereocenters. The normalized spacial score (nSPS) is 13.7. The Balaban J connectivity index is 1.67. The van der Waals surface area contributed by atoms with Gasteiger partial charge in [-0.3, -0.25) is 9.59 Å². The van der Waals surface area contributed by atoms with E-state index in [9.17, 15) is 9.59 Å². The largest absolute Gasteiger partial charge is 0.342 e. The molecule has 1 N–H and O–H groups in total. The highest BCUT2D eigenvalue weighted by Gasteiger charge is 2.19. The van der Waals surface area contributed by atoms with Crippen molar-refractivity contribution in [2.45, 2.75) is 17.7 Å². The van der Waals surface area contributed by atoms with Crippen molar-refractivity contribution < 1.29 is 9.59 Å². The second kappa shape index (κ2) is 8.41. The number of carbonyl (C=O) groups excluding carboxylic acids is 2. The van der Waals surface area contributed by atoms with Gasteiger partial charge in [0, 0.05) is 28.7 Å². The first-order chi connectivity index (χ1) is 12.1. The van der Waals surface area contributed by atoms with Gasteiger partial charge < -0.3 is 10.2 Å². The van der Waals surface area contributed by atoms with Gasteiger partial charge in [0.2, 0.25) is 5.91 Å². The molecule has 0 bridgehead atoms. The summed E-state index contributed by atoms with van der Waals surface area (Å²) in [5.74, 6) is 0.271. The van der Waals surface area contributed by atoms with Gasteiger partial charge in [-0.15, -0.1) is 11.8 Å². The van der Waals surface area contributed by atoms with Crippen LogP contribution < -0.4 is 5.32 Å². The molecule has 2 aromatic rings. The highest BCUT2D eigenvalue weighted by atomic mass is 35.5. The molecule has 2 aromatic carbocycles. The Labute approximate surface area is 156 Å². The molecule has 1 fully saturated rings. The van der Waals surface area contributed by atoms with Crippen LogP contribution in [0.4, 0.5) is 5.69 Å². The quantitative estimate of drug-likeness (QED) is 0.793. The van der Waals surface area contributed by atoms with Gasteiger partial charge in [0.25, 0.3) is 5.91 Å². The number of thioether (sulfide) groups is 1. The zero-order chi connectivity index (χ0) is 17.6. The van der Waals surface area contributed by atoms with Crippen LogP contribution in [0, 0.1) is 0 Å². The van der Waals surface area contributed by atoms with E-state index in [1.807, 2.05) is 23.1 Å². The van der Waals surface area contributed by atoms with Crippen LogP contribution in [0.5, 0.6) is 0 Å². The molecule has 6 heteroatoms. The van der Waals surface area contributed by atoms with Crippen LogP contribution in [0.3, 0.4) is 0 Å². The minimum atomic E-state index is -0.209. The molecule has 0 saturated carbocycles. The van der Waals surface area contributed by atoms with E-state index in [0.717, 1.165) is 30.8 Å². The van der Waals surface area contributed by atoms with E-state index in [1.54, 1.807) is 30.3 Å². The molecule has 0 aromatic heterocycles. The van der Waals surface area contributed by atoms with Gasteiger partial charge in [-0.2, -0.15) is 0 Å². The van der Waals surface area contributed by atoms with E-state index in [-0.39, 0.29) is 11.8 Å². The molecule has 1 saturated heterocycles. The number of amides is 2. The lowest BCUT2D eigenvalue weighted by atomic mass is 10.2. The first-order valence-corrected chi connectivity index (χ1v) is 9.56. The minimum absolute atomic E-state index is 0.132. The molecule has 3 rings (SSSR count). The Bertz CT molecular complexity index is 776. The molecule has 0 aliphatic carbocycles. The minimum Gasteiger partial charge on any atom is -0.342 e. The summed E-state index contributed by atoms with van der Waals surface area (Å²) in [5, 5.41) is 3.42. The molecule has 4 nitrogen and oxygen atoms in total. The number of carbonyl (C=O) groups is 2. The Morgan fingerprint density at radius 3 is 2.60 bits per heavy atom. The summed E-state index contributed by atoms with van der Waals surface area (Å²) in [4.78, 5) is 27.5. The van der Waals surface area contributed by atoms with Crippen molar-refractivity contribution >= 4 is 40.9 Å². The van der Waals surface area contributed by atoms with Crippen molar-refractivity contribution in [2.75, 3.05) is 24.2 Å². The van der Waals surface area contributed by atoms with Gasteiger partial charge in [-0.25, -0.2) is 0 Å². The van der Waals surface area contributed by atoms with Crippen molar-refractivity contribution in [1.82, 2.24) is 4.90 Å². The first-order valence-electron chi connectivity index (χ1n) is 8.20. The molecule has 0 radical (unpaired) electrons. The molecular weight excluding hydrogens is 356 g/mol. The molecule has 1 aliphatic heterocycles. The van der Waals surface area contributed by atoms with Crippen LogP contribution >= 0.6 is 23.4 Å². The summed E-state index contributed by atoms with van der Waals surface area (Å²) >= 11 is 7.36. The standard InChI is InChI=1S/C19H19ClN2O2S/c20-14-6-5-7-15(12-14)21-19(24)16-8-1-2-9-17(16)25-13-18(23)22-10-3-4-11-22/h1-2,5-9,12H,3-4,10-11,13H2,(H,21,24). The van der Waals surface area contributed by atoms with E-state index in [0.29, 0.717) is 22.0 Å². The summed E-state index contributed by atoms with van der Waals surface area (Å²) in [6.07, 6.45) is 2.16. The molecule has 25 heavy (non-hydrogen) atoms. The monoisotopic (exact) mass is 374 g/mol. The average molecular weight is 375 g/mol. The maximum atomic E-state index is 12.6. The Morgan fingerprint density at radius 2 is 1.84 bits per heavy atom. The van der Waals surface area contributed by atoms with Crippen molar-refractivity contribution in [3.63, 3.8) is 0 Å². The fourth-order valence-corrected chi connectivity index (χ4v) is 3.88. The van der Waals surface area contributed by atoms with E-state index in [2.05, 4.69) is 5.32 Å². The zero-order valence-corrected chi connectivity index (χ0v) is 15.3. The van der Waals surface area contributed by atoms with Gasteiger partial charge in [0.1, 0.15) is 0 Å². The van der Waals surface area contributed by atoms with Gasteiger partial charge in [0.05, 0.1) is 11.3 Å². The molecule has 1 heterocycles. The van der Waals surface area contributed by atoms with Crippen LogP contribution in [-0.4, -0.2) is 35.6 Å². The fourth-order valence-electron chi connectivity index (χ4n) is 2.74. The summed E-state index contributed by atoms with van der Waals surface area (Å²) < 4.78 is 0. The third kappa shape index (κ3) is 4.77. The van der Waals surface area contributed by atoms with Gasteiger partial charge in [-0.1, -0.05) is 29.8 Å². The van der Waals surface area contributed by atoms with Crippen molar-refractivity contribution in [2.24, 2.45) is 0 Å². The molecule has 2 amide bonds. The molecule has 130 valence electrons. The molecule has 0 unspecified atom stereocenters. The molecule has 1 aliphatic rings. The average Bonchev–Trinajstić information content (AvgIpc) is 3.14. The highest BCUT2D eigenvalue weighted by molar-refractivity contribution is 8.00. The lowest BCUT2D eigenvalue weighted by Crippen LogP contribution is -2.29. The van der Waals surface area contributed by atoms with Gasteiger partial charge in [0.15, 0.2) is 0 Å². The number of anilines is 1. The second-order valence-electron chi connectivity index (χ2n) is 5.84. The number of benzene rings is 2. The van der Waals surface area contributed by atoms with Crippen LogP contribution in [0.25, 0.3) is 0 Å². The number of hydrogen-bond donors (Lipinski definition) is 1. The lowest BCUT2D eigenvalue weighted by Gasteiger charge is -2.15. The SMILES string of the molecule is O=C(Nc1cccc(Cl)c1)c1ccccc1SCC(=O)N1CCCC1. The third-order valence-corrected chi connectivity index (χ3v) is 5.32. The van der Waals surface area contributed by atoms with Crippen LogP contribution in [-0.2, 0) is 4.79 Å². The Kier molecular flexibility index (Phi) is 6.00. The second-order valence-corrected chi connectivity index (χ2v) is 7.29. The van der Waals surface area contributed by atoms with E-state index in [1.165, 1.54) is 11.8 Å². The number of likely N-dealkylation sites (tertiary alicyclic amines) is 1. The predicted molar refractivity (Wildman–Crippen MR) is 102 cm³/mol. The number of hydrogen-bond acceptors (Lipinski definition) is 3. The van der Waals surface area contributed by atoms with E-state index >= 15 is 0 Å². The van der Waals surface area contributed by atoms with Crippen molar-refractivity contribution in [1.29, 1.82) is 0 Å². The summed E-state index contributed by atoms with van der Waals surface area (Å²) in [5.41, 5.74) is 1.20. The maximum absolute atomic E-state index is 12.6. The summed E-state index contributed by atoms with van der Waals surface area (Å²) in [6, 6.07) is 14.4.